The minimum Gasteiger partial charge on any atom is -0.451 e. The number of thiophene rings is 1. The van der Waals surface area contributed by atoms with Gasteiger partial charge in [-0.25, -0.2) is 13.2 Å². The van der Waals surface area contributed by atoms with E-state index in [1.165, 1.54) is 33.8 Å². The highest BCUT2D eigenvalue weighted by Crippen LogP contribution is 2.28. The topological polar surface area (TPSA) is 92.8 Å². The average molecular weight is 471 g/mol. The second-order valence-electron chi connectivity index (χ2n) is 7.02. The van der Waals surface area contributed by atoms with E-state index in [1.54, 1.807) is 18.4 Å². The predicted octanol–water partition coefficient (Wildman–Crippen LogP) is 4.07. The number of aryl methyl sites for hydroxylation is 1. The summed E-state index contributed by atoms with van der Waals surface area (Å²) in [6.07, 6.45) is 3.67. The molecular weight excluding hydrogens is 448 g/mol. The Morgan fingerprint density at radius 1 is 1.17 bits per heavy atom. The SMILES string of the molecule is Cc1ccsc1C(=O)OCC(=O)Nc1cc(S(=O)(=O)N2CCCCCC2)ccc1Cl. The lowest BCUT2D eigenvalue weighted by atomic mass is 10.2. The highest BCUT2D eigenvalue weighted by Gasteiger charge is 2.26. The summed E-state index contributed by atoms with van der Waals surface area (Å²) in [6.45, 7) is 2.23. The van der Waals surface area contributed by atoms with Gasteiger partial charge in [0.2, 0.25) is 10.0 Å². The van der Waals surface area contributed by atoms with Gasteiger partial charge >= 0.3 is 5.97 Å². The van der Waals surface area contributed by atoms with Gasteiger partial charge in [0, 0.05) is 13.1 Å². The highest BCUT2D eigenvalue weighted by atomic mass is 35.5. The first-order valence-electron chi connectivity index (χ1n) is 9.60. The molecule has 0 unspecified atom stereocenters. The Balaban J connectivity index is 1.68. The van der Waals surface area contributed by atoms with Crippen LogP contribution in [0, 0.1) is 6.92 Å². The molecule has 1 aromatic carbocycles. The van der Waals surface area contributed by atoms with E-state index in [0.29, 0.717) is 18.0 Å². The first-order valence-corrected chi connectivity index (χ1v) is 12.3. The zero-order valence-corrected chi connectivity index (χ0v) is 18.9. The predicted molar refractivity (Wildman–Crippen MR) is 117 cm³/mol. The minimum atomic E-state index is -3.68. The number of rotatable bonds is 6. The van der Waals surface area contributed by atoms with Gasteiger partial charge in [-0.05, 0) is 55.0 Å². The maximum absolute atomic E-state index is 13.0. The van der Waals surface area contributed by atoms with Crippen LogP contribution >= 0.6 is 22.9 Å². The van der Waals surface area contributed by atoms with Crippen molar-refractivity contribution in [2.45, 2.75) is 37.5 Å². The third-order valence-electron chi connectivity index (χ3n) is 4.80. The summed E-state index contributed by atoms with van der Waals surface area (Å²) in [5.74, 6) is -1.19. The highest BCUT2D eigenvalue weighted by molar-refractivity contribution is 7.89. The van der Waals surface area contributed by atoms with Gasteiger partial charge in [-0.2, -0.15) is 4.31 Å². The van der Waals surface area contributed by atoms with E-state index in [1.807, 2.05) is 0 Å². The number of sulfonamides is 1. The lowest BCUT2D eigenvalue weighted by Gasteiger charge is -2.20. The van der Waals surface area contributed by atoms with Crippen molar-refractivity contribution in [2.75, 3.05) is 25.0 Å². The smallest absolute Gasteiger partial charge is 0.349 e. The molecule has 2 heterocycles. The summed E-state index contributed by atoms with van der Waals surface area (Å²) in [6, 6.07) is 5.99. The first-order chi connectivity index (χ1) is 14.3. The van der Waals surface area contributed by atoms with Gasteiger partial charge < -0.3 is 10.1 Å². The maximum Gasteiger partial charge on any atom is 0.349 e. The molecule has 1 fully saturated rings. The van der Waals surface area contributed by atoms with Crippen molar-refractivity contribution < 1.29 is 22.7 Å². The Morgan fingerprint density at radius 2 is 1.87 bits per heavy atom. The van der Waals surface area contributed by atoms with Gasteiger partial charge in [0.05, 0.1) is 15.6 Å². The number of nitrogens with one attached hydrogen (secondary N) is 1. The van der Waals surface area contributed by atoms with Gasteiger partial charge in [0.1, 0.15) is 4.88 Å². The molecule has 2 aromatic rings. The first kappa shape index (κ1) is 22.7. The van der Waals surface area contributed by atoms with Crippen LogP contribution in [0.3, 0.4) is 0 Å². The second kappa shape index (κ2) is 9.91. The number of hydrogen-bond donors (Lipinski definition) is 1. The zero-order valence-electron chi connectivity index (χ0n) is 16.5. The fraction of sp³-hybridized carbons (Fsp3) is 0.400. The standard InChI is InChI=1S/C20H23ClN2O5S2/c1-14-8-11-29-19(14)20(25)28-13-18(24)22-17-12-15(6-7-16(17)21)30(26,27)23-9-4-2-3-5-10-23/h6-8,11-12H,2-5,9-10,13H2,1H3,(H,22,24). The van der Waals surface area contributed by atoms with E-state index in [4.69, 9.17) is 16.3 Å². The summed E-state index contributed by atoms with van der Waals surface area (Å²) >= 11 is 7.37. The van der Waals surface area contributed by atoms with Crippen molar-refractivity contribution in [3.8, 4) is 0 Å². The Kier molecular flexibility index (Phi) is 7.51. The summed E-state index contributed by atoms with van der Waals surface area (Å²) in [4.78, 5) is 24.8. The third kappa shape index (κ3) is 5.40. The van der Waals surface area contributed by atoms with Crippen molar-refractivity contribution in [1.82, 2.24) is 4.31 Å². The van der Waals surface area contributed by atoms with Gasteiger partial charge in [0.25, 0.3) is 5.91 Å². The molecule has 30 heavy (non-hydrogen) atoms. The van der Waals surface area contributed by atoms with E-state index in [0.717, 1.165) is 31.2 Å². The number of nitrogens with zero attached hydrogens (tertiary/aromatic N) is 1. The van der Waals surface area contributed by atoms with Crippen molar-refractivity contribution >= 4 is 50.5 Å². The Bertz CT molecular complexity index is 1030. The molecule has 1 N–H and O–H groups in total. The van der Waals surface area contributed by atoms with Crippen LogP contribution in [0.4, 0.5) is 5.69 Å². The third-order valence-corrected chi connectivity index (χ3v) is 8.02. The van der Waals surface area contributed by atoms with Crippen LogP contribution < -0.4 is 5.32 Å². The number of benzene rings is 1. The number of ether oxygens (including phenoxy) is 1. The van der Waals surface area contributed by atoms with Crippen molar-refractivity contribution in [3.63, 3.8) is 0 Å². The number of halogens is 1. The van der Waals surface area contributed by atoms with Gasteiger partial charge in [-0.3, -0.25) is 4.79 Å². The van der Waals surface area contributed by atoms with E-state index in [9.17, 15) is 18.0 Å². The van der Waals surface area contributed by atoms with Gasteiger partial charge in [-0.15, -0.1) is 11.3 Å². The molecule has 7 nitrogen and oxygen atoms in total. The van der Waals surface area contributed by atoms with Crippen LogP contribution in [0.5, 0.6) is 0 Å². The molecule has 1 aliphatic heterocycles. The molecule has 0 spiro atoms. The molecule has 0 aliphatic carbocycles. The molecule has 0 saturated carbocycles. The number of esters is 1. The monoisotopic (exact) mass is 470 g/mol. The Labute approximate surface area is 185 Å². The summed E-state index contributed by atoms with van der Waals surface area (Å²) < 4.78 is 32.4. The van der Waals surface area contributed by atoms with E-state index >= 15 is 0 Å². The molecule has 10 heteroatoms. The molecule has 162 valence electrons. The lowest BCUT2D eigenvalue weighted by Crippen LogP contribution is -2.32. The molecule has 0 bridgehead atoms. The van der Waals surface area contributed by atoms with Crippen LogP contribution in [0.15, 0.2) is 34.5 Å². The zero-order chi connectivity index (χ0) is 21.7. The molecule has 1 saturated heterocycles. The summed E-state index contributed by atoms with van der Waals surface area (Å²) in [5.41, 5.74) is 0.931. The van der Waals surface area contributed by atoms with Crippen LogP contribution in [0.1, 0.15) is 40.9 Å². The Morgan fingerprint density at radius 3 is 2.50 bits per heavy atom. The lowest BCUT2D eigenvalue weighted by molar-refractivity contribution is -0.119. The molecule has 1 aliphatic rings. The number of amides is 1. The number of anilines is 1. The van der Waals surface area contributed by atoms with Crippen LogP contribution in [-0.4, -0.2) is 44.3 Å². The molecule has 0 radical (unpaired) electrons. The largest absolute Gasteiger partial charge is 0.451 e. The maximum atomic E-state index is 13.0. The van der Waals surface area contributed by atoms with Crippen molar-refractivity contribution in [1.29, 1.82) is 0 Å². The molecule has 1 amide bonds. The van der Waals surface area contributed by atoms with Gasteiger partial charge in [0.15, 0.2) is 6.61 Å². The van der Waals surface area contributed by atoms with Crippen LogP contribution in [-0.2, 0) is 19.6 Å². The number of carbonyl (C=O) groups is 2. The molecule has 0 atom stereocenters. The molecular formula is C20H23ClN2O5S2. The summed E-state index contributed by atoms with van der Waals surface area (Å²) in [7, 11) is -3.68. The van der Waals surface area contributed by atoms with E-state index < -0.39 is 28.5 Å². The fourth-order valence-corrected chi connectivity index (χ4v) is 5.68. The fourth-order valence-electron chi connectivity index (χ4n) is 3.16. The van der Waals surface area contributed by atoms with E-state index in [-0.39, 0.29) is 15.6 Å². The van der Waals surface area contributed by atoms with Crippen LogP contribution in [0.25, 0.3) is 0 Å². The number of carbonyl (C=O) groups excluding carboxylic acids is 2. The second-order valence-corrected chi connectivity index (χ2v) is 10.3. The quantitative estimate of drug-likeness (QED) is 0.642. The summed E-state index contributed by atoms with van der Waals surface area (Å²) in [5, 5.41) is 4.48. The van der Waals surface area contributed by atoms with Crippen LogP contribution in [0.2, 0.25) is 5.02 Å². The Hall–Kier alpha value is -1.94. The molecule has 1 aromatic heterocycles. The van der Waals surface area contributed by atoms with Gasteiger partial charge in [-0.1, -0.05) is 24.4 Å². The van der Waals surface area contributed by atoms with Crippen molar-refractivity contribution in [3.05, 3.63) is 45.1 Å². The average Bonchev–Trinajstić information content (AvgIpc) is 2.96. The normalized spacial score (nSPS) is 15.4. The van der Waals surface area contributed by atoms with Crippen molar-refractivity contribution in [2.24, 2.45) is 0 Å². The minimum absolute atomic E-state index is 0.0651. The van der Waals surface area contributed by atoms with E-state index in [2.05, 4.69) is 5.32 Å². The molecule has 3 rings (SSSR count). The number of hydrogen-bond acceptors (Lipinski definition) is 6.